The molecule has 2 rings (SSSR count). The summed E-state index contributed by atoms with van der Waals surface area (Å²) < 4.78 is 0. The molecule has 2 aromatic rings. The first-order valence-corrected chi connectivity index (χ1v) is 6.00. The van der Waals surface area contributed by atoms with Crippen LogP contribution in [-0.4, -0.2) is 11.1 Å². The molecule has 0 aliphatic rings. The van der Waals surface area contributed by atoms with E-state index in [2.05, 4.69) is 4.99 Å². The Hall–Kier alpha value is -2.20. The second-order valence-corrected chi connectivity index (χ2v) is 4.37. The predicted molar refractivity (Wildman–Crippen MR) is 76.5 cm³/mol. The Morgan fingerprint density at radius 3 is 2.68 bits per heavy atom. The maximum Gasteiger partial charge on any atom is 0.278 e. The smallest absolute Gasteiger partial charge is 0.258 e. The first-order chi connectivity index (χ1) is 9.09. The van der Waals surface area contributed by atoms with Crippen LogP contribution in [0.15, 0.2) is 47.5 Å². The van der Waals surface area contributed by atoms with Crippen LogP contribution in [0.25, 0.3) is 0 Å². The van der Waals surface area contributed by atoms with Crippen LogP contribution >= 0.6 is 11.6 Å². The van der Waals surface area contributed by atoms with Gasteiger partial charge in [-0.1, -0.05) is 29.8 Å². The number of nitro groups is 1. The molecule has 0 saturated carbocycles. The zero-order chi connectivity index (χ0) is 13.8. The van der Waals surface area contributed by atoms with Crippen LogP contribution < -0.4 is 0 Å². The van der Waals surface area contributed by atoms with E-state index in [0.29, 0.717) is 16.3 Å². The summed E-state index contributed by atoms with van der Waals surface area (Å²) in [6, 6.07) is 11.8. The Kier molecular flexibility index (Phi) is 3.92. The normalized spacial score (nSPS) is 10.8. The molecule has 0 heterocycles. The number of hydrogen-bond donors (Lipinski definition) is 0. The maximum absolute atomic E-state index is 10.9. The third kappa shape index (κ3) is 2.98. The molecular formula is C14H11ClN2O2. The van der Waals surface area contributed by atoms with Crippen LogP contribution in [-0.2, 0) is 0 Å². The number of halogens is 1. The SMILES string of the molecule is Cc1c(Cl)cccc1N=Cc1ccccc1[N+](=O)[O-]. The van der Waals surface area contributed by atoms with Crippen LogP contribution in [0.4, 0.5) is 11.4 Å². The molecule has 0 bridgehead atoms. The van der Waals surface area contributed by atoms with Crippen molar-refractivity contribution in [2.45, 2.75) is 6.92 Å². The van der Waals surface area contributed by atoms with Gasteiger partial charge in [0.2, 0.25) is 0 Å². The molecule has 0 spiro atoms. The van der Waals surface area contributed by atoms with Crippen molar-refractivity contribution in [1.29, 1.82) is 0 Å². The lowest BCUT2D eigenvalue weighted by Crippen LogP contribution is -1.93. The van der Waals surface area contributed by atoms with Gasteiger partial charge in [-0.3, -0.25) is 15.1 Å². The summed E-state index contributed by atoms with van der Waals surface area (Å²) in [5, 5.41) is 11.5. The number of hydrogen-bond acceptors (Lipinski definition) is 3. The summed E-state index contributed by atoms with van der Waals surface area (Å²) >= 11 is 6.00. The Labute approximate surface area is 115 Å². The average molecular weight is 275 g/mol. The average Bonchev–Trinajstić information content (AvgIpc) is 2.40. The van der Waals surface area contributed by atoms with Crippen LogP contribution in [0.3, 0.4) is 0 Å². The summed E-state index contributed by atoms with van der Waals surface area (Å²) in [5.41, 5.74) is 2.04. The molecule has 96 valence electrons. The van der Waals surface area contributed by atoms with Gasteiger partial charge in [0.25, 0.3) is 5.69 Å². The second-order valence-electron chi connectivity index (χ2n) is 3.96. The Morgan fingerprint density at radius 2 is 1.95 bits per heavy atom. The molecule has 0 fully saturated rings. The monoisotopic (exact) mass is 274 g/mol. The van der Waals surface area contributed by atoms with Crippen molar-refractivity contribution in [3.63, 3.8) is 0 Å². The van der Waals surface area contributed by atoms with Gasteiger partial charge in [0, 0.05) is 17.3 Å². The van der Waals surface area contributed by atoms with E-state index in [0.717, 1.165) is 5.56 Å². The van der Waals surface area contributed by atoms with Crippen molar-refractivity contribution in [3.05, 3.63) is 68.7 Å². The van der Waals surface area contributed by atoms with Gasteiger partial charge < -0.3 is 0 Å². The Bertz CT molecular complexity index is 654. The Morgan fingerprint density at radius 1 is 1.21 bits per heavy atom. The largest absolute Gasteiger partial charge is 0.278 e. The van der Waals surface area contributed by atoms with Gasteiger partial charge in [-0.15, -0.1) is 0 Å². The van der Waals surface area contributed by atoms with Crippen molar-refractivity contribution in [2.24, 2.45) is 4.99 Å². The van der Waals surface area contributed by atoms with E-state index < -0.39 is 4.92 Å². The van der Waals surface area contributed by atoms with Crippen molar-refractivity contribution in [1.82, 2.24) is 0 Å². The van der Waals surface area contributed by atoms with Gasteiger partial charge in [-0.25, -0.2) is 0 Å². The molecule has 0 amide bonds. The third-order valence-corrected chi connectivity index (χ3v) is 3.12. The van der Waals surface area contributed by atoms with Gasteiger partial charge in [-0.2, -0.15) is 0 Å². The fourth-order valence-electron chi connectivity index (χ4n) is 1.64. The number of nitro benzene ring substituents is 1. The van der Waals surface area contributed by atoms with E-state index in [1.54, 1.807) is 30.3 Å². The van der Waals surface area contributed by atoms with Gasteiger partial charge in [-0.05, 0) is 30.7 Å². The zero-order valence-corrected chi connectivity index (χ0v) is 11.0. The molecule has 0 saturated heterocycles. The number of benzene rings is 2. The maximum atomic E-state index is 10.9. The van der Waals surface area contributed by atoms with Gasteiger partial charge >= 0.3 is 0 Å². The van der Waals surface area contributed by atoms with Crippen LogP contribution in [0, 0.1) is 17.0 Å². The van der Waals surface area contributed by atoms with Crippen LogP contribution in [0.5, 0.6) is 0 Å². The van der Waals surface area contributed by atoms with E-state index in [9.17, 15) is 10.1 Å². The standard InChI is InChI=1S/C14H11ClN2O2/c1-10-12(15)6-4-7-13(10)16-9-11-5-2-3-8-14(11)17(18)19/h2-9H,1H3. The van der Waals surface area contributed by atoms with Crippen molar-refractivity contribution < 1.29 is 4.92 Å². The van der Waals surface area contributed by atoms with E-state index in [4.69, 9.17) is 11.6 Å². The molecule has 0 N–H and O–H groups in total. The lowest BCUT2D eigenvalue weighted by molar-refractivity contribution is -0.385. The molecule has 0 radical (unpaired) electrons. The predicted octanol–water partition coefficient (Wildman–Crippen LogP) is 4.31. The molecule has 4 nitrogen and oxygen atoms in total. The minimum Gasteiger partial charge on any atom is -0.258 e. The highest BCUT2D eigenvalue weighted by Gasteiger charge is 2.10. The summed E-state index contributed by atoms with van der Waals surface area (Å²) in [4.78, 5) is 14.7. The molecule has 0 aromatic heterocycles. The van der Waals surface area contributed by atoms with E-state index in [-0.39, 0.29) is 5.69 Å². The summed E-state index contributed by atoms with van der Waals surface area (Å²) in [6.45, 7) is 1.86. The van der Waals surface area contributed by atoms with Gasteiger partial charge in [0.1, 0.15) is 0 Å². The highest BCUT2D eigenvalue weighted by atomic mass is 35.5. The summed E-state index contributed by atoms with van der Waals surface area (Å²) in [6.07, 6.45) is 1.48. The van der Waals surface area contributed by atoms with E-state index >= 15 is 0 Å². The minimum absolute atomic E-state index is 0.0333. The van der Waals surface area contributed by atoms with Crippen LogP contribution in [0.1, 0.15) is 11.1 Å². The molecular weight excluding hydrogens is 264 g/mol. The van der Waals surface area contributed by atoms with Crippen molar-refractivity contribution in [3.8, 4) is 0 Å². The molecule has 0 aliphatic heterocycles. The number of para-hydroxylation sites is 1. The molecule has 19 heavy (non-hydrogen) atoms. The topological polar surface area (TPSA) is 55.5 Å². The van der Waals surface area contributed by atoms with E-state index in [1.807, 2.05) is 13.0 Å². The highest BCUT2D eigenvalue weighted by molar-refractivity contribution is 6.31. The van der Waals surface area contributed by atoms with Crippen LogP contribution in [0.2, 0.25) is 5.02 Å². The first kappa shape index (κ1) is 13.2. The third-order valence-electron chi connectivity index (χ3n) is 2.72. The fraction of sp³-hybridized carbons (Fsp3) is 0.0714. The Balaban J connectivity index is 2.38. The van der Waals surface area contributed by atoms with Gasteiger partial charge in [0.15, 0.2) is 0 Å². The second kappa shape index (κ2) is 5.63. The molecule has 2 aromatic carbocycles. The lowest BCUT2D eigenvalue weighted by Gasteiger charge is -2.01. The molecule has 5 heteroatoms. The number of aliphatic imine (C=N–C) groups is 1. The highest BCUT2D eigenvalue weighted by Crippen LogP contribution is 2.26. The van der Waals surface area contributed by atoms with Gasteiger partial charge in [0.05, 0.1) is 16.2 Å². The minimum atomic E-state index is -0.424. The molecule has 0 unspecified atom stereocenters. The first-order valence-electron chi connectivity index (χ1n) is 5.62. The quantitative estimate of drug-likeness (QED) is 0.476. The van der Waals surface area contributed by atoms with Crippen molar-refractivity contribution in [2.75, 3.05) is 0 Å². The number of rotatable bonds is 3. The molecule has 0 atom stereocenters. The lowest BCUT2D eigenvalue weighted by atomic mass is 10.2. The zero-order valence-electron chi connectivity index (χ0n) is 10.2. The van der Waals surface area contributed by atoms with Crippen molar-refractivity contribution >= 4 is 29.2 Å². The van der Waals surface area contributed by atoms with E-state index in [1.165, 1.54) is 12.3 Å². The molecule has 0 aliphatic carbocycles. The number of nitrogens with zero attached hydrogens (tertiary/aromatic N) is 2. The fourth-order valence-corrected chi connectivity index (χ4v) is 1.81. The summed E-state index contributed by atoms with van der Waals surface area (Å²) in [5.74, 6) is 0. The summed E-state index contributed by atoms with van der Waals surface area (Å²) in [7, 11) is 0.